The zero-order valence-corrected chi connectivity index (χ0v) is 8.58. The van der Waals surface area contributed by atoms with E-state index in [-0.39, 0.29) is 18.0 Å². The molecule has 0 saturated heterocycles. The average molecular weight is 220 g/mol. The first kappa shape index (κ1) is 11.3. The van der Waals surface area contributed by atoms with Crippen LogP contribution in [0.1, 0.15) is 12.8 Å². The Morgan fingerprint density at radius 2 is 2.36 bits per heavy atom. The summed E-state index contributed by atoms with van der Waals surface area (Å²) >= 11 is -1.56. The minimum absolute atomic E-state index is 0.00764. The van der Waals surface area contributed by atoms with Gasteiger partial charge in [0.2, 0.25) is 0 Å². The highest BCUT2D eigenvalue weighted by Crippen LogP contribution is 2.29. The number of carboxylic acids is 1. The fourth-order valence-corrected chi connectivity index (χ4v) is 2.48. The summed E-state index contributed by atoms with van der Waals surface area (Å²) in [5.74, 6) is -2.46. The summed E-state index contributed by atoms with van der Waals surface area (Å²) < 4.78 is 15.5. The molecule has 14 heavy (non-hydrogen) atoms. The molecule has 6 heteroatoms. The molecule has 0 aromatic rings. The van der Waals surface area contributed by atoms with Crippen LogP contribution in [0.3, 0.4) is 0 Å². The zero-order chi connectivity index (χ0) is 10.7. The van der Waals surface area contributed by atoms with E-state index in [9.17, 15) is 13.8 Å². The topological polar surface area (TPSA) is 80.7 Å². The van der Waals surface area contributed by atoms with Crippen molar-refractivity contribution in [2.75, 3.05) is 12.9 Å². The highest BCUT2D eigenvalue weighted by Gasteiger charge is 2.40. The molecule has 0 spiro atoms. The number of carbonyl (C=O) groups is 2. The number of hydrogen-bond acceptors (Lipinski definition) is 4. The van der Waals surface area contributed by atoms with Gasteiger partial charge in [-0.2, -0.15) is 0 Å². The molecular weight excluding hydrogens is 208 g/mol. The summed E-state index contributed by atoms with van der Waals surface area (Å²) in [6.45, 7) is 0. The third-order valence-corrected chi connectivity index (χ3v) is 3.42. The first-order valence-electron chi connectivity index (χ1n) is 4.24. The highest BCUT2D eigenvalue weighted by atomic mass is 32.2. The van der Waals surface area contributed by atoms with E-state index in [1.165, 1.54) is 7.11 Å². The van der Waals surface area contributed by atoms with Gasteiger partial charge in [0, 0.05) is 12.3 Å². The van der Waals surface area contributed by atoms with Gasteiger partial charge in [0.25, 0.3) is 0 Å². The molecule has 0 heterocycles. The van der Waals surface area contributed by atoms with Crippen LogP contribution in [-0.4, -0.2) is 33.9 Å². The van der Waals surface area contributed by atoms with E-state index in [0.29, 0.717) is 6.42 Å². The number of hydrogen-bond donors (Lipinski definition) is 1. The molecule has 1 aliphatic rings. The molecule has 1 rings (SSSR count). The number of ketones is 1. The number of Topliss-reactive ketones (excluding diaryl/α,β-unsaturated/α-hetero) is 1. The van der Waals surface area contributed by atoms with E-state index >= 15 is 0 Å². The van der Waals surface area contributed by atoms with Crippen molar-refractivity contribution < 1.29 is 23.1 Å². The Hall–Kier alpha value is -0.750. The molecule has 0 amide bonds. The number of aliphatic carboxylic acids is 1. The summed E-state index contributed by atoms with van der Waals surface area (Å²) in [7, 11) is 1.27. The normalized spacial score (nSPS) is 29.1. The lowest BCUT2D eigenvalue weighted by atomic mass is 9.98. The second-order valence-electron chi connectivity index (χ2n) is 3.19. The van der Waals surface area contributed by atoms with E-state index in [1.54, 1.807) is 0 Å². The fraction of sp³-hybridized carbons (Fsp3) is 0.750. The number of carboxylic acid groups (broad SMARTS) is 1. The maximum Gasteiger partial charge on any atom is 0.307 e. The lowest BCUT2D eigenvalue weighted by Crippen LogP contribution is -2.27. The molecule has 1 fully saturated rings. The minimum atomic E-state index is -1.56. The van der Waals surface area contributed by atoms with E-state index < -0.39 is 28.9 Å². The Bertz CT molecular complexity index is 275. The van der Waals surface area contributed by atoms with Crippen LogP contribution in [-0.2, 0) is 24.9 Å². The van der Waals surface area contributed by atoms with Crippen molar-refractivity contribution in [3.05, 3.63) is 0 Å². The third kappa shape index (κ3) is 2.39. The van der Waals surface area contributed by atoms with Crippen molar-refractivity contribution in [1.82, 2.24) is 0 Å². The highest BCUT2D eigenvalue weighted by molar-refractivity contribution is 7.80. The Balaban J connectivity index is 2.67. The van der Waals surface area contributed by atoms with Crippen molar-refractivity contribution in [3.8, 4) is 0 Å². The molecule has 0 aromatic carbocycles. The molecule has 0 bridgehead atoms. The molecule has 1 N–H and O–H groups in total. The van der Waals surface area contributed by atoms with Crippen LogP contribution in [0, 0.1) is 11.8 Å². The zero-order valence-electron chi connectivity index (χ0n) is 7.76. The van der Waals surface area contributed by atoms with E-state index in [0.717, 1.165) is 0 Å². The molecule has 1 saturated carbocycles. The maximum atomic E-state index is 11.3. The van der Waals surface area contributed by atoms with Crippen LogP contribution in [0.4, 0.5) is 0 Å². The van der Waals surface area contributed by atoms with Gasteiger partial charge in [-0.15, -0.1) is 0 Å². The second-order valence-corrected chi connectivity index (χ2v) is 4.47. The molecule has 2 unspecified atom stereocenters. The van der Waals surface area contributed by atoms with Crippen molar-refractivity contribution in [3.63, 3.8) is 0 Å². The van der Waals surface area contributed by atoms with Gasteiger partial charge in [-0.05, 0) is 6.42 Å². The second kappa shape index (κ2) is 4.65. The van der Waals surface area contributed by atoms with Gasteiger partial charge < -0.3 is 5.11 Å². The molecule has 0 aliphatic heterocycles. The van der Waals surface area contributed by atoms with Crippen molar-refractivity contribution in [2.45, 2.75) is 12.8 Å². The summed E-state index contributed by atoms with van der Waals surface area (Å²) in [6.07, 6.45) is 0.613. The SMILES string of the molecule is COS(=O)C[C@@H]1C(=O)CCC1C(=O)O. The molecular formula is C8H12O5S. The van der Waals surface area contributed by atoms with Gasteiger partial charge in [0.1, 0.15) is 5.78 Å². The molecule has 80 valence electrons. The van der Waals surface area contributed by atoms with Crippen molar-refractivity contribution in [1.29, 1.82) is 0 Å². The van der Waals surface area contributed by atoms with Gasteiger partial charge in [0.15, 0.2) is 11.1 Å². The first-order valence-corrected chi connectivity index (χ1v) is 5.49. The van der Waals surface area contributed by atoms with Crippen LogP contribution < -0.4 is 0 Å². The van der Waals surface area contributed by atoms with Crippen LogP contribution >= 0.6 is 0 Å². The van der Waals surface area contributed by atoms with Gasteiger partial charge in [-0.1, -0.05) is 0 Å². The predicted octanol–water partition coefficient (Wildman–Crippen LogP) is -0.0236. The van der Waals surface area contributed by atoms with Crippen LogP contribution in [0.25, 0.3) is 0 Å². The molecule has 3 atom stereocenters. The van der Waals surface area contributed by atoms with Crippen LogP contribution in [0.15, 0.2) is 0 Å². The Morgan fingerprint density at radius 1 is 1.71 bits per heavy atom. The Morgan fingerprint density at radius 3 is 2.86 bits per heavy atom. The number of carbonyl (C=O) groups excluding carboxylic acids is 1. The van der Waals surface area contributed by atoms with Gasteiger partial charge in [0.05, 0.1) is 18.8 Å². The summed E-state index contributed by atoms with van der Waals surface area (Å²) in [6, 6.07) is 0. The van der Waals surface area contributed by atoms with Crippen LogP contribution in [0.5, 0.6) is 0 Å². The lowest BCUT2D eigenvalue weighted by molar-refractivity contribution is -0.143. The van der Waals surface area contributed by atoms with Gasteiger partial charge in [-0.25, -0.2) is 4.21 Å². The smallest absolute Gasteiger partial charge is 0.307 e. The van der Waals surface area contributed by atoms with Crippen LogP contribution in [0.2, 0.25) is 0 Å². The fourth-order valence-electron chi connectivity index (χ4n) is 1.63. The molecule has 0 aromatic heterocycles. The van der Waals surface area contributed by atoms with Crippen molar-refractivity contribution in [2.24, 2.45) is 11.8 Å². The van der Waals surface area contributed by atoms with Crippen molar-refractivity contribution >= 4 is 22.8 Å². The quantitative estimate of drug-likeness (QED) is 0.720. The average Bonchev–Trinajstić information content (AvgIpc) is 2.48. The van der Waals surface area contributed by atoms with E-state index in [4.69, 9.17) is 5.11 Å². The Labute approximate surface area is 84.1 Å². The Kier molecular flexibility index (Phi) is 3.77. The first-order chi connectivity index (χ1) is 6.56. The minimum Gasteiger partial charge on any atom is -0.481 e. The van der Waals surface area contributed by atoms with Gasteiger partial charge >= 0.3 is 5.97 Å². The standard InChI is InChI=1S/C8H12O5S/c1-13-14(12)4-6-5(8(10)11)2-3-7(6)9/h5-6H,2-4H2,1H3,(H,10,11)/t5?,6-,14?/m0/s1. The predicted molar refractivity (Wildman–Crippen MR) is 48.9 cm³/mol. The van der Waals surface area contributed by atoms with E-state index in [2.05, 4.69) is 4.18 Å². The summed E-state index contributed by atoms with van der Waals surface area (Å²) in [4.78, 5) is 22.0. The molecule has 0 radical (unpaired) electrons. The number of rotatable bonds is 4. The van der Waals surface area contributed by atoms with E-state index in [1.807, 2.05) is 0 Å². The largest absolute Gasteiger partial charge is 0.481 e. The third-order valence-electron chi connectivity index (χ3n) is 2.42. The summed E-state index contributed by atoms with van der Waals surface area (Å²) in [5, 5.41) is 8.80. The maximum absolute atomic E-state index is 11.3. The lowest BCUT2D eigenvalue weighted by Gasteiger charge is -2.12. The van der Waals surface area contributed by atoms with Gasteiger partial charge in [-0.3, -0.25) is 13.8 Å². The summed E-state index contributed by atoms with van der Waals surface area (Å²) in [5.41, 5.74) is 0. The molecule has 1 aliphatic carbocycles. The molecule has 5 nitrogen and oxygen atoms in total. The monoisotopic (exact) mass is 220 g/mol.